The molecule has 140 valence electrons. The first-order chi connectivity index (χ1) is 12.9. The summed E-state index contributed by atoms with van der Waals surface area (Å²) < 4.78 is 14.8. The van der Waals surface area contributed by atoms with Gasteiger partial charge in [0.15, 0.2) is 0 Å². The first kappa shape index (κ1) is 18.9. The highest BCUT2D eigenvalue weighted by Gasteiger charge is 2.16. The summed E-state index contributed by atoms with van der Waals surface area (Å²) in [6.07, 6.45) is 1.75. The Balaban J connectivity index is 1.88. The largest absolute Gasteiger partial charge is 0.322 e. The smallest absolute Gasteiger partial charge is 0.320 e. The van der Waals surface area contributed by atoms with Gasteiger partial charge in [0.1, 0.15) is 5.82 Å². The van der Waals surface area contributed by atoms with Gasteiger partial charge in [-0.1, -0.05) is 29.8 Å². The summed E-state index contributed by atoms with van der Waals surface area (Å²) in [4.78, 5) is 26.5. The standard InChI is InChI=1S/C20H19ClFN3O2/c1-3-25(20(27)23-14-8-9-18(22)17(21)10-14)12-13-11-24(2)19(26)16-7-5-4-6-15(13)16/h4-11H,3,12H2,1-2H3,(H,23,27). The molecule has 0 saturated carbocycles. The average molecular weight is 388 g/mol. The van der Waals surface area contributed by atoms with Crippen molar-refractivity contribution in [2.75, 3.05) is 11.9 Å². The van der Waals surface area contributed by atoms with Crippen molar-refractivity contribution >= 4 is 34.1 Å². The van der Waals surface area contributed by atoms with Crippen LogP contribution in [0.4, 0.5) is 14.9 Å². The van der Waals surface area contributed by atoms with Crippen LogP contribution in [0.25, 0.3) is 10.8 Å². The second kappa shape index (κ2) is 7.80. The van der Waals surface area contributed by atoms with Gasteiger partial charge in [0, 0.05) is 37.4 Å². The minimum absolute atomic E-state index is 0.0556. The molecule has 1 N–H and O–H groups in total. The molecule has 0 bridgehead atoms. The fraction of sp³-hybridized carbons (Fsp3) is 0.200. The topological polar surface area (TPSA) is 54.3 Å². The Morgan fingerprint density at radius 3 is 2.59 bits per heavy atom. The highest BCUT2D eigenvalue weighted by molar-refractivity contribution is 6.31. The Kier molecular flexibility index (Phi) is 5.46. The predicted octanol–water partition coefficient (Wildman–Crippen LogP) is 4.39. The number of hydrogen-bond acceptors (Lipinski definition) is 2. The number of anilines is 1. The second-order valence-electron chi connectivity index (χ2n) is 6.19. The number of amides is 2. The maximum Gasteiger partial charge on any atom is 0.322 e. The van der Waals surface area contributed by atoms with E-state index in [4.69, 9.17) is 11.6 Å². The van der Waals surface area contributed by atoms with E-state index in [0.29, 0.717) is 24.2 Å². The van der Waals surface area contributed by atoms with Crippen LogP contribution in [0.2, 0.25) is 5.02 Å². The number of halogens is 2. The number of urea groups is 1. The molecule has 3 rings (SSSR count). The third-order valence-electron chi connectivity index (χ3n) is 4.37. The number of fused-ring (bicyclic) bond motifs is 1. The lowest BCUT2D eigenvalue weighted by Gasteiger charge is -2.22. The zero-order valence-corrected chi connectivity index (χ0v) is 15.8. The second-order valence-corrected chi connectivity index (χ2v) is 6.60. The molecule has 0 atom stereocenters. The molecule has 0 radical (unpaired) electrons. The maximum atomic E-state index is 13.3. The summed E-state index contributed by atoms with van der Waals surface area (Å²) in [5.41, 5.74) is 1.19. The molecule has 0 saturated heterocycles. The van der Waals surface area contributed by atoms with Crippen LogP contribution in [0.5, 0.6) is 0 Å². The number of pyridine rings is 1. The lowest BCUT2D eigenvalue weighted by molar-refractivity contribution is 0.212. The van der Waals surface area contributed by atoms with E-state index in [0.717, 1.165) is 10.9 Å². The zero-order chi connectivity index (χ0) is 19.6. The third-order valence-corrected chi connectivity index (χ3v) is 4.66. The molecule has 5 nitrogen and oxygen atoms in total. The number of aromatic nitrogens is 1. The first-order valence-corrected chi connectivity index (χ1v) is 8.86. The van der Waals surface area contributed by atoms with Crippen LogP contribution in [-0.2, 0) is 13.6 Å². The number of rotatable bonds is 4. The van der Waals surface area contributed by atoms with Gasteiger partial charge in [-0.15, -0.1) is 0 Å². The molecular formula is C20H19ClFN3O2. The summed E-state index contributed by atoms with van der Waals surface area (Å²) in [5.74, 6) is -0.543. The summed E-state index contributed by atoms with van der Waals surface area (Å²) >= 11 is 5.77. The third kappa shape index (κ3) is 3.95. The first-order valence-electron chi connectivity index (χ1n) is 8.49. The minimum Gasteiger partial charge on any atom is -0.320 e. The highest BCUT2D eigenvalue weighted by Crippen LogP contribution is 2.21. The molecule has 7 heteroatoms. The predicted molar refractivity (Wildman–Crippen MR) is 106 cm³/mol. The molecule has 0 aliphatic heterocycles. The summed E-state index contributed by atoms with van der Waals surface area (Å²) in [6.45, 7) is 2.64. The van der Waals surface area contributed by atoms with E-state index in [2.05, 4.69) is 5.32 Å². The van der Waals surface area contributed by atoms with Crippen LogP contribution >= 0.6 is 11.6 Å². The Bertz CT molecular complexity index is 1060. The normalized spacial score (nSPS) is 10.8. The van der Waals surface area contributed by atoms with Crippen molar-refractivity contribution in [3.8, 4) is 0 Å². The Hall–Kier alpha value is -2.86. The fourth-order valence-electron chi connectivity index (χ4n) is 2.94. The number of carbonyl (C=O) groups is 1. The van der Waals surface area contributed by atoms with Crippen LogP contribution in [-0.4, -0.2) is 22.0 Å². The molecule has 2 amide bonds. The van der Waals surface area contributed by atoms with Crippen molar-refractivity contribution in [1.82, 2.24) is 9.47 Å². The zero-order valence-electron chi connectivity index (χ0n) is 15.0. The van der Waals surface area contributed by atoms with Gasteiger partial charge in [0.05, 0.1) is 5.02 Å². The van der Waals surface area contributed by atoms with Gasteiger partial charge in [0.25, 0.3) is 5.56 Å². The summed E-state index contributed by atoms with van der Waals surface area (Å²) in [5, 5.41) is 4.09. The van der Waals surface area contributed by atoms with Gasteiger partial charge in [-0.05, 0) is 42.1 Å². The molecule has 1 aromatic heterocycles. The van der Waals surface area contributed by atoms with Gasteiger partial charge in [0.2, 0.25) is 0 Å². The van der Waals surface area contributed by atoms with Crippen LogP contribution < -0.4 is 10.9 Å². The highest BCUT2D eigenvalue weighted by atomic mass is 35.5. The Morgan fingerprint density at radius 1 is 1.22 bits per heavy atom. The SMILES string of the molecule is CCN(Cc1cn(C)c(=O)c2ccccc12)C(=O)Nc1ccc(F)c(Cl)c1. The Morgan fingerprint density at radius 2 is 1.93 bits per heavy atom. The number of hydrogen-bond donors (Lipinski definition) is 1. The van der Waals surface area contributed by atoms with E-state index in [1.54, 1.807) is 24.2 Å². The molecule has 0 spiro atoms. The molecule has 0 fully saturated rings. The number of benzene rings is 2. The quantitative estimate of drug-likeness (QED) is 0.722. The van der Waals surface area contributed by atoms with Crippen molar-refractivity contribution in [2.24, 2.45) is 7.05 Å². The summed E-state index contributed by atoms with van der Waals surface area (Å²) in [6, 6.07) is 11.0. The molecule has 2 aromatic carbocycles. The maximum absolute atomic E-state index is 13.3. The van der Waals surface area contributed by atoms with Gasteiger partial charge in [-0.25, -0.2) is 9.18 Å². The van der Waals surface area contributed by atoms with E-state index < -0.39 is 5.82 Å². The number of nitrogens with one attached hydrogen (secondary N) is 1. The molecule has 0 unspecified atom stereocenters. The minimum atomic E-state index is -0.543. The lowest BCUT2D eigenvalue weighted by Crippen LogP contribution is -2.34. The average Bonchev–Trinajstić information content (AvgIpc) is 2.66. The molecule has 0 aliphatic rings. The van der Waals surface area contributed by atoms with Crippen LogP contribution in [0.15, 0.2) is 53.5 Å². The number of nitrogens with zero attached hydrogens (tertiary/aromatic N) is 2. The number of aryl methyl sites for hydroxylation is 1. The van der Waals surface area contributed by atoms with Crippen molar-refractivity contribution in [3.63, 3.8) is 0 Å². The Labute approximate surface area is 161 Å². The van der Waals surface area contributed by atoms with Crippen molar-refractivity contribution in [3.05, 3.63) is 75.4 Å². The van der Waals surface area contributed by atoms with Crippen LogP contribution in [0, 0.1) is 5.82 Å². The van der Waals surface area contributed by atoms with Crippen LogP contribution in [0.1, 0.15) is 12.5 Å². The van der Waals surface area contributed by atoms with Gasteiger partial charge in [-0.2, -0.15) is 0 Å². The van der Waals surface area contributed by atoms with E-state index in [1.807, 2.05) is 25.1 Å². The van der Waals surface area contributed by atoms with E-state index in [9.17, 15) is 14.0 Å². The van der Waals surface area contributed by atoms with Crippen molar-refractivity contribution in [1.29, 1.82) is 0 Å². The summed E-state index contributed by atoms with van der Waals surface area (Å²) in [7, 11) is 1.69. The lowest BCUT2D eigenvalue weighted by atomic mass is 10.1. The van der Waals surface area contributed by atoms with E-state index in [1.165, 1.54) is 22.8 Å². The molecule has 0 aliphatic carbocycles. The van der Waals surface area contributed by atoms with Crippen molar-refractivity contribution in [2.45, 2.75) is 13.5 Å². The van der Waals surface area contributed by atoms with E-state index in [-0.39, 0.29) is 16.6 Å². The fourth-order valence-corrected chi connectivity index (χ4v) is 3.12. The van der Waals surface area contributed by atoms with Crippen molar-refractivity contribution < 1.29 is 9.18 Å². The van der Waals surface area contributed by atoms with E-state index >= 15 is 0 Å². The number of carbonyl (C=O) groups excluding carboxylic acids is 1. The van der Waals surface area contributed by atoms with Gasteiger partial charge in [-0.3, -0.25) is 4.79 Å². The molecular weight excluding hydrogens is 369 g/mol. The van der Waals surface area contributed by atoms with Gasteiger partial charge >= 0.3 is 6.03 Å². The molecule has 1 heterocycles. The van der Waals surface area contributed by atoms with Crippen LogP contribution in [0.3, 0.4) is 0 Å². The molecule has 3 aromatic rings. The monoisotopic (exact) mass is 387 g/mol. The molecule has 27 heavy (non-hydrogen) atoms. The van der Waals surface area contributed by atoms with Gasteiger partial charge < -0.3 is 14.8 Å².